The molecule has 6 aromatic carbocycles. The van der Waals surface area contributed by atoms with Crippen molar-refractivity contribution >= 4 is 27.5 Å². The van der Waals surface area contributed by atoms with E-state index in [0.29, 0.717) is 11.3 Å². The first-order valence-corrected chi connectivity index (χ1v) is 18.1. The van der Waals surface area contributed by atoms with Gasteiger partial charge in [0.15, 0.2) is 0 Å². The molecule has 0 aliphatic heterocycles. The fourth-order valence-electron chi connectivity index (χ4n) is 7.77. The van der Waals surface area contributed by atoms with Crippen LogP contribution in [0.15, 0.2) is 182 Å². The predicted octanol–water partition coefficient (Wildman–Crippen LogP) is 12.2. The van der Waals surface area contributed by atoms with Crippen LogP contribution in [-0.4, -0.2) is 24.0 Å². The van der Waals surface area contributed by atoms with Crippen molar-refractivity contribution in [3.8, 4) is 67.6 Å². The zero-order valence-corrected chi connectivity index (χ0v) is 29.6. The Balaban J connectivity index is 1.17. The van der Waals surface area contributed by atoms with Crippen LogP contribution in [0.2, 0.25) is 0 Å². The van der Waals surface area contributed by atoms with E-state index in [-0.39, 0.29) is 5.75 Å². The molecule has 10 rings (SSSR count). The van der Waals surface area contributed by atoms with Crippen molar-refractivity contribution in [2.24, 2.45) is 0 Å². The van der Waals surface area contributed by atoms with E-state index in [9.17, 15) is 5.11 Å². The first-order chi connectivity index (χ1) is 26.6. The molecule has 10 aromatic rings. The van der Waals surface area contributed by atoms with Crippen LogP contribution >= 0.6 is 0 Å². The molecular formula is C49H34N4O. The summed E-state index contributed by atoms with van der Waals surface area (Å²) in [7, 11) is 0. The zero-order valence-electron chi connectivity index (χ0n) is 29.6. The number of para-hydroxylation sites is 3. The molecule has 5 heteroatoms. The number of pyridine rings is 2. The molecule has 0 aliphatic carbocycles. The Kier molecular flexibility index (Phi) is 7.44. The molecule has 0 bridgehead atoms. The van der Waals surface area contributed by atoms with Gasteiger partial charge >= 0.3 is 0 Å². The van der Waals surface area contributed by atoms with Crippen molar-refractivity contribution in [3.63, 3.8) is 0 Å². The average Bonchev–Trinajstić information content (AvgIpc) is 3.77. The highest BCUT2D eigenvalue weighted by Crippen LogP contribution is 2.40. The van der Waals surface area contributed by atoms with E-state index in [4.69, 9.17) is 9.97 Å². The van der Waals surface area contributed by atoms with E-state index < -0.39 is 0 Å². The van der Waals surface area contributed by atoms with Crippen LogP contribution < -0.4 is 0 Å². The number of aromatic nitrogens is 4. The quantitative estimate of drug-likeness (QED) is 0.188. The summed E-state index contributed by atoms with van der Waals surface area (Å²) in [5.41, 5.74) is 14.8. The lowest BCUT2D eigenvalue weighted by molar-refractivity contribution is 0.477. The number of phenolic OH excluding ortho intramolecular Hbond substituents is 1. The number of fused-ring (bicyclic) bond motifs is 4. The van der Waals surface area contributed by atoms with Crippen molar-refractivity contribution in [2.45, 2.75) is 6.92 Å². The van der Waals surface area contributed by atoms with E-state index in [0.717, 1.165) is 61.8 Å². The molecule has 0 saturated heterocycles. The van der Waals surface area contributed by atoms with Crippen LogP contribution in [-0.2, 0) is 0 Å². The highest BCUT2D eigenvalue weighted by atomic mass is 16.3. The Labute approximate surface area is 312 Å². The molecule has 5 nitrogen and oxygen atoms in total. The van der Waals surface area contributed by atoms with Gasteiger partial charge in [-0.15, -0.1) is 0 Å². The second-order valence-electron chi connectivity index (χ2n) is 13.8. The first kappa shape index (κ1) is 31.5. The Bertz CT molecular complexity index is 3030. The Hall–Kier alpha value is -7.24. The molecule has 256 valence electrons. The minimum absolute atomic E-state index is 0.198. The molecule has 0 aliphatic rings. The van der Waals surface area contributed by atoms with Gasteiger partial charge in [0.1, 0.15) is 11.4 Å². The van der Waals surface area contributed by atoms with Crippen LogP contribution in [0.25, 0.3) is 89.3 Å². The minimum Gasteiger partial charge on any atom is -0.507 e. The van der Waals surface area contributed by atoms with Crippen LogP contribution in [0.1, 0.15) is 5.56 Å². The number of aryl methyl sites for hydroxylation is 1. The predicted molar refractivity (Wildman–Crippen MR) is 221 cm³/mol. The fourth-order valence-corrected chi connectivity index (χ4v) is 7.77. The monoisotopic (exact) mass is 694 g/mol. The lowest BCUT2D eigenvalue weighted by Crippen LogP contribution is -1.94. The maximum Gasteiger partial charge on any atom is 0.137 e. The van der Waals surface area contributed by atoms with E-state index in [1.807, 2.05) is 24.3 Å². The van der Waals surface area contributed by atoms with Crippen LogP contribution in [0.3, 0.4) is 0 Å². The number of rotatable bonds is 6. The van der Waals surface area contributed by atoms with Crippen molar-refractivity contribution in [1.29, 1.82) is 0 Å². The highest BCUT2D eigenvalue weighted by Gasteiger charge is 2.20. The zero-order chi connectivity index (χ0) is 36.2. The van der Waals surface area contributed by atoms with Gasteiger partial charge in [-0.25, -0.2) is 9.97 Å². The summed E-state index contributed by atoms with van der Waals surface area (Å²) in [6.45, 7) is 2.10. The second-order valence-corrected chi connectivity index (χ2v) is 13.8. The van der Waals surface area contributed by atoms with Gasteiger partial charge in [-0.05, 0) is 84.8 Å². The Morgan fingerprint density at radius 3 is 2.11 bits per heavy atom. The summed E-state index contributed by atoms with van der Waals surface area (Å²) in [5, 5.41) is 13.3. The van der Waals surface area contributed by atoms with Crippen molar-refractivity contribution < 1.29 is 5.11 Å². The number of phenols is 1. The average molecular weight is 695 g/mol. The largest absolute Gasteiger partial charge is 0.507 e. The standard InChI is InChI=1S/C49H34N4O/c1-32-13-11-14-33(27-32)37-29-42(50-43(30-37)41-20-6-8-22-46(41)54)34-15-12-16-35(28-34)48-49(52-26-10-9-23-47(52)51-48)36-24-25-40-39-19-5-7-21-44(39)53(45(40)31-36)38-17-3-2-4-18-38/h2-31,54H,1H3. The summed E-state index contributed by atoms with van der Waals surface area (Å²) in [5.74, 6) is 0.198. The van der Waals surface area contributed by atoms with Crippen LogP contribution in [0.5, 0.6) is 5.75 Å². The number of nitrogens with zero attached hydrogens (tertiary/aromatic N) is 4. The van der Waals surface area contributed by atoms with Gasteiger partial charge in [0.2, 0.25) is 0 Å². The summed E-state index contributed by atoms with van der Waals surface area (Å²) in [6.07, 6.45) is 2.09. The molecule has 4 aromatic heterocycles. The summed E-state index contributed by atoms with van der Waals surface area (Å²) in [6, 6.07) is 60.6. The lowest BCUT2D eigenvalue weighted by Gasteiger charge is -2.13. The lowest BCUT2D eigenvalue weighted by atomic mass is 9.97. The summed E-state index contributed by atoms with van der Waals surface area (Å²) < 4.78 is 4.54. The molecule has 0 spiro atoms. The third kappa shape index (κ3) is 5.33. The van der Waals surface area contributed by atoms with Gasteiger partial charge < -0.3 is 9.67 Å². The minimum atomic E-state index is 0.198. The van der Waals surface area contributed by atoms with E-state index in [2.05, 4.69) is 168 Å². The van der Waals surface area contributed by atoms with Gasteiger partial charge in [-0.2, -0.15) is 0 Å². The van der Waals surface area contributed by atoms with Crippen LogP contribution in [0.4, 0.5) is 0 Å². The maximum absolute atomic E-state index is 10.9. The first-order valence-electron chi connectivity index (χ1n) is 18.1. The third-order valence-electron chi connectivity index (χ3n) is 10.3. The van der Waals surface area contributed by atoms with Gasteiger partial charge in [0, 0.05) is 44.9 Å². The molecular weight excluding hydrogens is 661 g/mol. The van der Waals surface area contributed by atoms with Crippen molar-refractivity contribution in [1.82, 2.24) is 18.9 Å². The smallest absolute Gasteiger partial charge is 0.137 e. The number of hydrogen-bond acceptors (Lipinski definition) is 3. The van der Waals surface area contributed by atoms with Crippen molar-refractivity contribution in [2.75, 3.05) is 0 Å². The van der Waals surface area contributed by atoms with Crippen LogP contribution in [0, 0.1) is 6.92 Å². The molecule has 0 fully saturated rings. The number of hydrogen-bond donors (Lipinski definition) is 1. The molecule has 4 heterocycles. The van der Waals surface area contributed by atoms with Gasteiger partial charge in [-0.1, -0.05) is 115 Å². The number of imidazole rings is 1. The molecule has 0 atom stereocenters. The van der Waals surface area contributed by atoms with E-state index in [1.165, 1.54) is 21.9 Å². The second kappa shape index (κ2) is 12.8. The third-order valence-corrected chi connectivity index (χ3v) is 10.3. The highest BCUT2D eigenvalue weighted by molar-refractivity contribution is 6.10. The van der Waals surface area contributed by atoms with E-state index >= 15 is 0 Å². The molecule has 54 heavy (non-hydrogen) atoms. The molecule has 0 amide bonds. The topological polar surface area (TPSA) is 55.4 Å². The van der Waals surface area contributed by atoms with Gasteiger partial charge in [0.25, 0.3) is 0 Å². The number of benzene rings is 6. The molecule has 0 unspecified atom stereocenters. The maximum atomic E-state index is 10.9. The van der Waals surface area contributed by atoms with E-state index in [1.54, 1.807) is 6.07 Å². The van der Waals surface area contributed by atoms with Gasteiger partial charge in [-0.3, -0.25) is 4.40 Å². The SMILES string of the molecule is Cc1cccc(-c2cc(-c3cccc(-c4nc5ccccn5c4-c4ccc5c6ccccc6n(-c6ccccc6)c5c4)c3)nc(-c3ccccc3O)c2)c1. The van der Waals surface area contributed by atoms with Crippen molar-refractivity contribution in [3.05, 3.63) is 188 Å². The molecule has 1 N–H and O–H groups in total. The number of aromatic hydroxyl groups is 1. The molecule has 0 radical (unpaired) electrons. The Morgan fingerprint density at radius 2 is 1.22 bits per heavy atom. The Morgan fingerprint density at radius 1 is 0.481 bits per heavy atom. The molecule has 0 saturated carbocycles. The summed E-state index contributed by atoms with van der Waals surface area (Å²) in [4.78, 5) is 10.4. The normalized spacial score (nSPS) is 11.5. The fraction of sp³-hybridized carbons (Fsp3) is 0.0204. The summed E-state index contributed by atoms with van der Waals surface area (Å²) >= 11 is 0. The van der Waals surface area contributed by atoms with Gasteiger partial charge in [0.05, 0.1) is 33.8 Å².